The molecule has 1 rings (SSSR count). The molecule has 0 aliphatic carbocycles. The molecule has 0 aliphatic heterocycles. The molecule has 0 radical (unpaired) electrons. The number of hydrogen-bond donors (Lipinski definition) is 3. The summed E-state index contributed by atoms with van der Waals surface area (Å²) in [6.07, 6.45) is -0.673. The van der Waals surface area contributed by atoms with E-state index in [1.54, 1.807) is 31.2 Å². The van der Waals surface area contributed by atoms with Crippen LogP contribution in [0.2, 0.25) is 0 Å². The number of aliphatic hydroxyl groups excluding tert-OH is 1. The third-order valence-electron chi connectivity index (χ3n) is 2.14. The number of thioether (sulfide) groups is 1. The van der Waals surface area contributed by atoms with Crippen LogP contribution < -0.4 is 5.32 Å². The second-order valence-electron chi connectivity index (χ2n) is 3.70. The minimum absolute atomic E-state index is 0.0699. The first-order valence-corrected chi connectivity index (χ1v) is 6.52. The van der Waals surface area contributed by atoms with E-state index in [2.05, 4.69) is 5.32 Å². The third kappa shape index (κ3) is 4.77. The molecule has 1 unspecified atom stereocenters. The highest BCUT2D eigenvalue weighted by molar-refractivity contribution is 8.00. The molecule has 0 spiro atoms. The minimum Gasteiger partial charge on any atom is -0.481 e. The highest BCUT2D eigenvalue weighted by Gasteiger charge is 2.10. The van der Waals surface area contributed by atoms with Crippen LogP contribution in [-0.2, 0) is 9.59 Å². The van der Waals surface area contributed by atoms with Crippen molar-refractivity contribution in [2.75, 3.05) is 16.8 Å². The predicted octanol–water partition coefficient (Wildman–Crippen LogP) is 1.50. The Morgan fingerprint density at radius 1 is 1.33 bits per heavy atom. The maximum absolute atomic E-state index is 11.6. The van der Waals surface area contributed by atoms with Crippen molar-refractivity contribution in [3.63, 3.8) is 0 Å². The van der Waals surface area contributed by atoms with E-state index in [4.69, 9.17) is 5.11 Å². The number of carboxylic acid groups (broad SMARTS) is 1. The number of para-hydroxylation sites is 1. The Morgan fingerprint density at radius 2 is 2.00 bits per heavy atom. The van der Waals surface area contributed by atoms with Crippen molar-refractivity contribution in [2.45, 2.75) is 13.0 Å². The van der Waals surface area contributed by atoms with E-state index in [1.807, 2.05) is 0 Å². The van der Waals surface area contributed by atoms with Gasteiger partial charge in [0.05, 0.1) is 17.6 Å². The largest absolute Gasteiger partial charge is 0.481 e. The fourth-order valence-corrected chi connectivity index (χ4v) is 1.93. The van der Waals surface area contributed by atoms with Crippen LogP contribution in [0.3, 0.4) is 0 Å². The number of carbonyl (C=O) groups is 2. The normalized spacial score (nSPS) is 11.9. The van der Waals surface area contributed by atoms with Crippen LogP contribution in [-0.4, -0.2) is 33.6 Å². The third-order valence-corrected chi connectivity index (χ3v) is 3.06. The van der Waals surface area contributed by atoms with E-state index in [-0.39, 0.29) is 17.4 Å². The zero-order chi connectivity index (χ0) is 13.5. The lowest BCUT2D eigenvalue weighted by Crippen LogP contribution is -2.16. The Bertz CT molecular complexity index is 434. The van der Waals surface area contributed by atoms with Gasteiger partial charge in [0.1, 0.15) is 0 Å². The zero-order valence-electron chi connectivity index (χ0n) is 9.92. The maximum Gasteiger partial charge on any atom is 0.313 e. The van der Waals surface area contributed by atoms with Gasteiger partial charge in [0, 0.05) is 11.3 Å². The lowest BCUT2D eigenvalue weighted by Gasteiger charge is -2.12. The standard InChI is InChI=1S/C12H15NO4S/c1-8(14)9-4-2-3-5-10(9)13-11(15)6-18-7-12(16)17/h2-5,8,14H,6-7H2,1H3,(H,13,15)(H,16,17). The second kappa shape index (κ2) is 7.03. The van der Waals surface area contributed by atoms with Gasteiger partial charge in [-0.25, -0.2) is 0 Å². The molecular formula is C12H15NO4S. The van der Waals surface area contributed by atoms with Crippen LogP contribution in [0.5, 0.6) is 0 Å². The first-order valence-electron chi connectivity index (χ1n) is 5.37. The zero-order valence-corrected chi connectivity index (χ0v) is 10.7. The lowest BCUT2D eigenvalue weighted by atomic mass is 10.1. The number of benzene rings is 1. The van der Waals surface area contributed by atoms with Crippen LogP contribution in [0, 0.1) is 0 Å². The fraction of sp³-hybridized carbons (Fsp3) is 0.333. The van der Waals surface area contributed by atoms with E-state index < -0.39 is 12.1 Å². The smallest absolute Gasteiger partial charge is 0.313 e. The first-order chi connectivity index (χ1) is 8.50. The highest BCUT2D eigenvalue weighted by atomic mass is 32.2. The average molecular weight is 269 g/mol. The summed E-state index contributed by atoms with van der Waals surface area (Å²) in [5.41, 5.74) is 1.18. The molecule has 0 saturated carbocycles. The van der Waals surface area contributed by atoms with Crippen molar-refractivity contribution >= 4 is 29.3 Å². The number of aliphatic hydroxyl groups is 1. The van der Waals surface area contributed by atoms with E-state index >= 15 is 0 Å². The number of carboxylic acids is 1. The van der Waals surface area contributed by atoms with Gasteiger partial charge in [0.2, 0.25) is 5.91 Å². The highest BCUT2D eigenvalue weighted by Crippen LogP contribution is 2.22. The lowest BCUT2D eigenvalue weighted by molar-refractivity contribution is -0.133. The Balaban J connectivity index is 2.56. The molecule has 0 aromatic heterocycles. The molecule has 0 heterocycles. The number of nitrogens with one attached hydrogen (secondary N) is 1. The number of amides is 1. The number of anilines is 1. The van der Waals surface area contributed by atoms with E-state index in [1.165, 1.54) is 0 Å². The summed E-state index contributed by atoms with van der Waals surface area (Å²) in [7, 11) is 0. The number of carbonyl (C=O) groups excluding carboxylic acids is 1. The van der Waals surface area contributed by atoms with Crippen LogP contribution in [0.1, 0.15) is 18.6 Å². The van der Waals surface area contributed by atoms with E-state index in [0.717, 1.165) is 11.8 Å². The number of hydrogen-bond acceptors (Lipinski definition) is 4. The minimum atomic E-state index is -0.947. The van der Waals surface area contributed by atoms with Gasteiger partial charge in [-0.1, -0.05) is 18.2 Å². The monoisotopic (exact) mass is 269 g/mol. The predicted molar refractivity (Wildman–Crippen MR) is 70.7 cm³/mol. The Morgan fingerprint density at radius 3 is 2.61 bits per heavy atom. The Kier molecular flexibility index (Phi) is 5.67. The van der Waals surface area contributed by atoms with Gasteiger partial charge in [0.15, 0.2) is 0 Å². The second-order valence-corrected chi connectivity index (χ2v) is 4.68. The summed E-state index contributed by atoms with van der Waals surface area (Å²) in [5.74, 6) is -1.27. The summed E-state index contributed by atoms with van der Waals surface area (Å²) in [6, 6.07) is 6.95. The molecule has 0 fully saturated rings. The van der Waals surface area contributed by atoms with Gasteiger partial charge in [0.25, 0.3) is 0 Å². The van der Waals surface area contributed by atoms with Gasteiger partial charge in [-0.2, -0.15) is 0 Å². The number of aliphatic carboxylic acids is 1. The molecule has 3 N–H and O–H groups in total. The van der Waals surface area contributed by atoms with Gasteiger partial charge in [-0.3, -0.25) is 9.59 Å². The molecule has 1 aromatic rings. The van der Waals surface area contributed by atoms with Crippen molar-refractivity contribution in [1.82, 2.24) is 0 Å². The van der Waals surface area contributed by atoms with Gasteiger partial charge >= 0.3 is 5.97 Å². The van der Waals surface area contributed by atoms with Crippen molar-refractivity contribution in [1.29, 1.82) is 0 Å². The summed E-state index contributed by atoms with van der Waals surface area (Å²) < 4.78 is 0. The van der Waals surface area contributed by atoms with Crippen molar-refractivity contribution in [2.24, 2.45) is 0 Å². The molecule has 0 aliphatic rings. The van der Waals surface area contributed by atoms with Crippen LogP contribution in [0.4, 0.5) is 5.69 Å². The first kappa shape index (κ1) is 14.5. The summed E-state index contributed by atoms with van der Waals surface area (Å²) in [4.78, 5) is 21.9. The molecule has 1 amide bonds. The molecule has 18 heavy (non-hydrogen) atoms. The van der Waals surface area contributed by atoms with Crippen LogP contribution >= 0.6 is 11.8 Å². The fourth-order valence-electron chi connectivity index (χ4n) is 1.39. The Labute approximate surface area is 109 Å². The number of rotatable bonds is 6. The molecule has 1 aromatic carbocycles. The molecule has 6 heteroatoms. The molecule has 0 bridgehead atoms. The van der Waals surface area contributed by atoms with Crippen molar-refractivity contribution in [3.8, 4) is 0 Å². The van der Waals surface area contributed by atoms with Crippen molar-refractivity contribution < 1.29 is 19.8 Å². The molecule has 98 valence electrons. The average Bonchev–Trinajstić information content (AvgIpc) is 2.28. The molecule has 0 saturated heterocycles. The maximum atomic E-state index is 11.6. The topological polar surface area (TPSA) is 86.6 Å². The summed E-state index contributed by atoms with van der Waals surface area (Å²) in [5, 5.41) is 20.6. The van der Waals surface area contributed by atoms with Crippen LogP contribution in [0.25, 0.3) is 0 Å². The summed E-state index contributed by atoms with van der Waals surface area (Å²) in [6.45, 7) is 1.62. The molecule has 1 atom stereocenters. The molecular weight excluding hydrogens is 254 g/mol. The van der Waals surface area contributed by atoms with Crippen LogP contribution in [0.15, 0.2) is 24.3 Å². The van der Waals surface area contributed by atoms with E-state index in [9.17, 15) is 14.7 Å². The molecule has 5 nitrogen and oxygen atoms in total. The Hall–Kier alpha value is -1.53. The van der Waals surface area contributed by atoms with E-state index in [0.29, 0.717) is 11.3 Å². The van der Waals surface area contributed by atoms with Gasteiger partial charge in [-0.15, -0.1) is 11.8 Å². The van der Waals surface area contributed by atoms with Gasteiger partial charge in [-0.05, 0) is 13.0 Å². The van der Waals surface area contributed by atoms with Crippen molar-refractivity contribution in [3.05, 3.63) is 29.8 Å². The van der Waals surface area contributed by atoms with Gasteiger partial charge < -0.3 is 15.5 Å². The summed E-state index contributed by atoms with van der Waals surface area (Å²) >= 11 is 1.03. The quantitative estimate of drug-likeness (QED) is 0.728. The SMILES string of the molecule is CC(O)c1ccccc1NC(=O)CSCC(=O)O.